The first kappa shape index (κ1) is 21.3. The van der Waals surface area contributed by atoms with Gasteiger partial charge in [0.1, 0.15) is 0 Å². The number of primary amides is 1. The van der Waals surface area contributed by atoms with Crippen LogP contribution in [0.3, 0.4) is 0 Å². The predicted molar refractivity (Wildman–Crippen MR) is 92.9 cm³/mol. The molecule has 0 radical (unpaired) electrons. The molecule has 6 nitrogen and oxygen atoms in total. The number of urea groups is 1. The Hall–Kier alpha value is -2.72. The van der Waals surface area contributed by atoms with Crippen molar-refractivity contribution in [1.82, 2.24) is 5.32 Å². The lowest BCUT2D eigenvalue weighted by molar-refractivity contribution is 0.0963. The number of rotatable bonds is 3. The molecule has 0 atom stereocenters. The van der Waals surface area contributed by atoms with Crippen LogP contribution in [-0.4, -0.2) is 17.8 Å². The highest BCUT2D eigenvalue weighted by Gasteiger charge is 2.19. The van der Waals surface area contributed by atoms with Gasteiger partial charge < -0.3 is 5.73 Å². The van der Waals surface area contributed by atoms with E-state index in [4.69, 9.17) is 5.73 Å². The van der Waals surface area contributed by atoms with Gasteiger partial charge in [-0.2, -0.15) is 0 Å². The molecule has 0 aliphatic rings. The highest BCUT2D eigenvalue weighted by Crippen LogP contribution is 2.18. The fraction of sp³-hybridized carbons (Fsp3) is 0. The minimum absolute atomic E-state index is 0. The molecule has 11 heteroatoms. The zero-order chi connectivity index (χ0) is 18.7. The van der Waals surface area contributed by atoms with Crippen LogP contribution in [0.2, 0.25) is 0 Å². The monoisotopic (exact) mass is 405 g/mol. The van der Waals surface area contributed by atoms with Gasteiger partial charge in [0.25, 0.3) is 5.91 Å². The summed E-state index contributed by atoms with van der Waals surface area (Å²) in [5.74, 6) is -6.69. The number of halogens is 4. The Morgan fingerprint density at radius 3 is 1.92 bits per heavy atom. The van der Waals surface area contributed by atoms with Gasteiger partial charge in [-0.3, -0.25) is 14.9 Å². The van der Waals surface area contributed by atoms with Gasteiger partial charge in [-0.15, -0.1) is 12.4 Å². The van der Waals surface area contributed by atoms with E-state index in [-0.39, 0.29) is 23.7 Å². The van der Waals surface area contributed by atoms with Gasteiger partial charge in [0.15, 0.2) is 17.5 Å². The maximum Gasteiger partial charge on any atom is 0.338 e. The number of nitrogens with one attached hydrogen (secondary N) is 1. The number of thiol groups is 1. The summed E-state index contributed by atoms with van der Waals surface area (Å²) in [6, 6.07) is 5.21. The van der Waals surface area contributed by atoms with E-state index in [0.29, 0.717) is 12.1 Å². The number of nitrogens with two attached hydrogens (primary N) is 1. The van der Waals surface area contributed by atoms with E-state index < -0.39 is 40.9 Å². The zero-order valence-corrected chi connectivity index (χ0v) is 14.4. The fourth-order valence-electron chi connectivity index (χ4n) is 1.79. The fourth-order valence-corrected chi connectivity index (χ4v) is 1.98. The molecule has 0 spiro atoms. The van der Waals surface area contributed by atoms with Crippen LogP contribution in [-0.2, 0) is 0 Å². The second-order valence-corrected chi connectivity index (χ2v) is 5.14. The molecule has 26 heavy (non-hydrogen) atoms. The third-order valence-corrected chi connectivity index (χ3v) is 3.47. The molecule has 3 N–H and O–H groups in total. The standard InChI is InChI=1S/C15H10F3N3O3S.ClH/c16-10-5-8(6-11(17)12(10)18)14(23)20-15(24)21(25)9-3-1-7(2-4-9)13(19)22;/h1-6,25H,(H2,19,22)(H,20,23,24);1H. The van der Waals surface area contributed by atoms with E-state index in [1.54, 1.807) is 0 Å². The average molecular weight is 406 g/mol. The zero-order valence-electron chi connectivity index (χ0n) is 12.7. The molecule has 0 bridgehead atoms. The van der Waals surface area contributed by atoms with Gasteiger partial charge in [0.05, 0.1) is 5.69 Å². The van der Waals surface area contributed by atoms with Gasteiger partial charge in [0, 0.05) is 11.1 Å². The van der Waals surface area contributed by atoms with Crippen molar-refractivity contribution >= 4 is 48.8 Å². The molecule has 2 aromatic carbocycles. The largest absolute Gasteiger partial charge is 0.366 e. The second kappa shape index (κ2) is 8.59. The average Bonchev–Trinajstić information content (AvgIpc) is 2.58. The van der Waals surface area contributed by atoms with Gasteiger partial charge in [-0.05, 0) is 36.4 Å². The summed E-state index contributed by atoms with van der Waals surface area (Å²) < 4.78 is 39.8. The van der Waals surface area contributed by atoms with E-state index in [9.17, 15) is 27.6 Å². The molecule has 4 amide bonds. The van der Waals surface area contributed by atoms with Crippen molar-refractivity contribution in [1.29, 1.82) is 0 Å². The lowest BCUT2D eigenvalue weighted by atomic mass is 10.2. The molecular weight excluding hydrogens is 395 g/mol. The van der Waals surface area contributed by atoms with Crippen LogP contribution < -0.4 is 15.4 Å². The van der Waals surface area contributed by atoms with E-state index in [1.807, 2.05) is 5.32 Å². The molecule has 0 aromatic heterocycles. The number of benzene rings is 2. The smallest absolute Gasteiger partial charge is 0.338 e. The summed E-state index contributed by atoms with van der Waals surface area (Å²) in [5, 5.41) is 1.83. The van der Waals surface area contributed by atoms with Crippen LogP contribution in [0.15, 0.2) is 36.4 Å². The SMILES string of the molecule is Cl.NC(=O)c1ccc(N(S)C(=O)NC(=O)c2cc(F)c(F)c(F)c2)cc1. The quantitative estimate of drug-likeness (QED) is 0.541. The van der Waals surface area contributed by atoms with Crippen molar-refractivity contribution in [3.63, 3.8) is 0 Å². The molecule has 0 aliphatic carbocycles. The number of carbonyl (C=O) groups excluding carboxylic acids is 3. The Morgan fingerprint density at radius 2 is 1.46 bits per heavy atom. The van der Waals surface area contributed by atoms with Crippen LogP contribution >= 0.6 is 25.2 Å². The third kappa shape index (κ3) is 4.67. The Kier molecular flexibility index (Phi) is 7.04. The number of hydrogen-bond acceptors (Lipinski definition) is 4. The minimum Gasteiger partial charge on any atom is -0.366 e. The number of amides is 4. The van der Waals surface area contributed by atoms with Crippen molar-refractivity contribution in [2.24, 2.45) is 5.73 Å². The number of carbonyl (C=O) groups is 3. The minimum atomic E-state index is -1.73. The molecule has 138 valence electrons. The maximum absolute atomic E-state index is 13.1. The van der Waals surface area contributed by atoms with Gasteiger partial charge in [-0.1, -0.05) is 12.8 Å². The van der Waals surface area contributed by atoms with Gasteiger partial charge in [-0.25, -0.2) is 22.3 Å². The lowest BCUT2D eigenvalue weighted by Gasteiger charge is -2.16. The Morgan fingerprint density at radius 1 is 0.962 bits per heavy atom. The van der Waals surface area contributed by atoms with Crippen LogP contribution in [0.1, 0.15) is 20.7 Å². The first-order valence-electron chi connectivity index (χ1n) is 6.59. The molecule has 2 rings (SSSR count). The third-order valence-electron chi connectivity index (χ3n) is 3.06. The number of anilines is 1. The molecule has 0 fully saturated rings. The van der Waals surface area contributed by atoms with Crippen molar-refractivity contribution in [2.75, 3.05) is 4.31 Å². The summed E-state index contributed by atoms with van der Waals surface area (Å²) in [5.41, 5.74) is 4.88. The van der Waals surface area contributed by atoms with Crippen LogP contribution in [0.4, 0.5) is 23.7 Å². The van der Waals surface area contributed by atoms with Crippen molar-refractivity contribution in [3.05, 3.63) is 65.0 Å². The second-order valence-electron chi connectivity index (χ2n) is 4.74. The van der Waals surface area contributed by atoms with Crippen molar-refractivity contribution in [3.8, 4) is 0 Å². The highest BCUT2D eigenvalue weighted by molar-refractivity contribution is 7.82. The summed E-state index contributed by atoms with van der Waals surface area (Å²) in [7, 11) is 0. The maximum atomic E-state index is 13.1. The van der Waals surface area contributed by atoms with Crippen LogP contribution in [0, 0.1) is 17.5 Å². The number of hydrogen-bond donors (Lipinski definition) is 3. The Bertz CT molecular complexity index is 842. The van der Waals surface area contributed by atoms with Crippen molar-refractivity contribution < 1.29 is 27.6 Å². The molecule has 0 unspecified atom stereocenters. The molecule has 0 aliphatic heterocycles. The van der Waals surface area contributed by atoms with E-state index in [2.05, 4.69) is 12.8 Å². The van der Waals surface area contributed by atoms with Crippen molar-refractivity contribution in [2.45, 2.75) is 0 Å². The Labute approximate surface area is 157 Å². The normalized spacial score (nSPS) is 9.85. The van der Waals surface area contributed by atoms with E-state index in [0.717, 1.165) is 4.31 Å². The Balaban J connectivity index is 0.00000338. The van der Waals surface area contributed by atoms with Crippen LogP contribution in [0.5, 0.6) is 0 Å². The van der Waals surface area contributed by atoms with Crippen LogP contribution in [0.25, 0.3) is 0 Å². The summed E-state index contributed by atoms with van der Waals surface area (Å²) in [6.07, 6.45) is 0. The lowest BCUT2D eigenvalue weighted by Crippen LogP contribution is -2.38. The first-order valence-corrected chi connectivity index (χ1v) is 6.99. The summed E-state index contributed by atoms with van der Waals surface area (Å²) in [6.45, 7) is 0. The first-order chi connectivity index (χ1) is 11.7. The van der Waals surface area contributed by atoms with E-state index in [1.165, 1.54) is 24.3 Å². The highest BCUT2D eigenvalue weighted by atomic mass is 35.5. The summed E-state index contributed by atoms with van der Waals surface area (Å²) >= 11 is 3.89. The van der Waals surface area contributed by atoms with Gasteiger partial charge in [0.2, 0.25) is 5.91 Å². The summed E-state index contributed by atoms with van der Waals surface area (Å²) in [4.78, 5) is 34.8. The molecule has 2 aromatic rings. The van der Waals surface area contributed by atoms with E-state index >= 15 is 0 Å². The molecule has 0 saturated carbocycles. The molecule has 0 heterocycles. The topological polar surface area (TPSA) is 92.5 Å². The molecular formula is C15H11ClF3N3O3S. The number of nitrogens with zero attached hydrogens (tertiary/aromatic N) is 1. The van der Waals surface area contributed by atoms with Gasteiger partial charge >= 0.3 is 6.03 Å². The molecule has 0 saturated heterocycles. The number of imide groups is 1. The predicted octanol–water partition coefficient (Wildman–Crippen LogP) is 2.83.